The number of nitrogens with zero attached hydrogens (tertiary/aromatic N) is 1. The van der Waals surface area contributed by atoms with Crippen LogP contribution in [0.25, 0.3) is 0 Å². The maximum atomic E-state index is 5.47. The van der Waals surface area contributed by atoms with Crippen molar-refractivity contribution in [1.82, 2.24) is 4.98 Å². The third-order valence-corrected chi connectivity index (χ3v) is 1.87. The Hall–Kier alpha value is -1.29. The number of rotatable bonds is 7. The number of hydrogen-bond donors (Lipinski definition) is 1. The molecule has 0 saturated carbocycles. The summed E-state index contributed by atoms with van der Waals surface area (Å²) < 4.78 is 10.8. The molecule has 4 heteroatoms. The fourth-order valence-electron chi connectivity index (χ4n) is 1.20. The van der Waals surface area contributed by atoms with E-state index in [0.717, 1.165) is 12.4 Å². The summed E-state index contributed by atoms with van der Waals surface area (Å²) in [5.41, 5.74) is 0. The third kappa shape index (κ3) is 4.98. The average Bonchev–Trinajstić information content (AvgIpc) is 2.25. The first-order valence-corrected chi connectivity index (χ1v) is 5.67. The van der Waals surface area contributed by atoms with Gasteiger partial charge in [0.1, 0.15) is 12.4 Å². The van der Waals surface area contributed by atoms with Gasteiger partial charge in [0.25, 0.3) is 0 Å². The molecule has 90 valence electrons. The van der Waals surface area contributed by atoms with E-state index in [0.29, 0.717) is 19.1 Å². The largest absolute Gasteiger partial charge is 0.475 e. The number of aromatic nitrogens is 1. The number of nitrogens with one attached hydrogen (secondary N) is 1. The number of ether oxygens (including phenoxy) is 2. The molecule has 0 aliphatic rings. The van der Waals surface area contributed by atoms with Gasteiger partial charge in [0.15, 0.2) is 0 Å². The van der Waals surface area contributed by atoms with Gasteiger partial charge in [-0.2, -0.15) is 4.98 Å². The van der Waals surface area contributed by atoms with Crippen LogP contribution in [0.15, 0.2) is 18.2 Å². The third-order valence-electron chi connectivity index (χ3n) is 1.87. The summed E-state index contributed by atoms with van der Waals surface area (Å²) in [5.74, 6) is 1.47. The molecule has 0 spiro atoms. The molecule has 0 aromatic carbocycles. The van der Waals surface area contributed by atoms with Gasteiger partial charge in [-0.1, -0.05) is 6.07 Å². The maximum absolute atomic E-state index is 5.47. The van der Waals surface area contributed by atoms with Crippen LogP contribution in [0.4, 0.5) is 5.82 Å². The Morgan fingerprint density at radius 1 is 1.31 bits per heavy atom. The number of anilines is 1. The van der Waals surface area contributed by atoms with E-state index in [1.807, 2.05) is 39.0 Å². The molecular formula is C12H20N2O2. The zero-order chi connectivity index (χ0) is 11.8. The van der Waals surface area contributed by atoms with Crippen molar-refractivity contribution in [3.63, 3.8) is 0 Å². The van der Waals surface area contributed by atoms with Crippen molar-refractivity contribution in [3.8, 4) is 5.88 Å². The first-order valence-electron chi connectivity index (χ1n) is 5.67. The Bertz CT molecular complexity index is 303. The van der Waals surface area contributed by atoms with Crippen LogP contribution in [0.3, 0.4) is 0 Å². The zero-order valence-corrected chi connectivity index (χ0v) is 10.2. The normalized spacial score (nSPS) is 10.5. The molecule has 0 unspecified atom stereocenters. The SMILES string of the molecule is CCNc1cccc(OCCOC(C)C)n1. The maximum Gasteiger partial charge on any atom is 0.215 e. The van der Waals surface area contributed by atoms with E-state index in [1.165, 1.54) is 0 Å². The van der Waals surface area contributed by atoms with Crippen LogP contribution < -0.4 is 10.1 Å². The Labute approximate surface area is 97.0 Å². The lowest BCUT2D eigenvalue weighted by Crippen LogP contribution is -2.12. The summed E-state index contributed by atoms with van der Waals surface area (Å²) in [4.78, 5) is 4.29. The summed E-state index contributed by atoms with van der Waals surface area (Å²) in [6.45, 7) is 8.01. The lowest BCUT2D eigenvalue weighted by atomic mass is 10.4. The predicted molar refractivity (Wildman–Crippen MR) is 65.0 cm³/mol. The van der Waals surface area contributed by atoms with Crippen molar-refractivity contribution < 1.29 is 9.47 Å². The monoisotopic (exact) mass is 224 g/mol. The van der Waals surface area contributed by atoms with E-state index < -0.39 is 0 Å². The Balaban J connectivity index is 2.33. The average molecular weight is 224 g/mol. The van der Waals surface area contributed by atoms with E-state index >= 15 is 0 Å². The van der Waals surface area contributed by atoms with Crippen molar-refractivity contribution in [2.75, 3.05) is 25.1 Å². The van der Waals surface area contributed by atoms with Crippen molar-refractivity contribution in [2.45, 2.75) is 26.9 Å². The molecule has 0 aliphatic heterocycles. The highest BCUT2D eigenvalue weighted by Crippen LogP contribution is 2.10. The highest BCUT2D eigenvalue weighted by atomic mass is 16.5. The molecular weight excluding hydrogens is 204 g/mol. The molecule has 1 aromatic heterocycles. The molecule has 0 saturated heterocycles. The second kappa shape index (κ2) is 7.06. The molecule has 0 amide bonds. The Morgan fingerprint density at radius 3 is 2.81 bits per heavy atom. The van der Waals surface area contributed by atoms with E-state index in [9.17, 15) is 0 Å². The van der Waals surface area contributed by atoms with E-state index in [4.69, 9.17) is 9.47 Å². The van der Waals surface area contributed by atoms with Crippen molar-refractivity contribution in [2.24, 2.45) is 0 Å². The van der Waals surface area contributed by atoms with Gasteiger partial charge >= 0.3 is 0 Å². The molecule has 0 fully saturated rings. The van der Waals surface area contributed by atoms with Gasteiger partial charge in [-0.3, -0.25) is 0 Å². The first kappa shape index (κ1) is 12.8. The van der Waals surface area contributed by atoms with Crippen molar-refractivity contribution in [3.05, 3.63) is 18.2 Å². The lowest BCUT2D eigenvalue weighted by molar-refractivity contribution is 0.0543. The topological polar surface area (TPSA) is 43.4 Å². The second-order valence-electron chi connectivity index (χ2n) is 3.66. The van der Waals surface area contributed by atoms with Crippen molar-refractivity contribution in [1.29, 1.82) is 0 Å². The highest BCUT2D eigenvalue weighted by molar-refractivity contribution is 5.36. The van der Waals surface area contributed by atoms with Crippen LogP contribution in [0.5, 0.6) is 5.88 Å². The number of pyridine rings is 1. The lowest BCUT2D eigenvalue weighted by Gasteiger charge is -2.09. The van der Waals surface area contributed by atoms with Crippen LogP contribution in [0.2, 0.25) is 0 Å². The number of hydrogen-bond acceptors (Lipinski definition) is 4. The van der Waals surface area contributed by atoms with Crippen LogP contribution in [-0.2, 0) is 4.74 Å². The predicted octanol–water partition coefficient (Wildman–Crippen LogP) is 2.32. The van der Waals surface area contributed by atoms with Gasteiger partial charge in [-0.25, -0.2) is 0 Å². The Morgan fingerprint density at radius 2 is 2.12 bits per heavy atom. The fraction of sp³-hybridized carbons (Fsp3) is 0.583. The van der Waals surface area contributed by atoms with E-state index in [2.05, 4.69) is 10.3 Å². The van der Waals surface area contributed by atoms with Gasteiger partial charge in [-0.05, 0) is 26.8 Å². The van der Waals surface area contributed by atoms with E-state index in [1.54, 1.807) is 0 Å². The quantitative estimate of drug-likeness (QED) is 0.722. The summed E-state index contributed by atoms with van der Waals surface area (Å²) >= 11 is 0. The van der Waals surface area contributed by atoms with Gasteiger partial charge in [-0.15, -0.1) is 0 Å². The zero-order valence-electron chi connectivity index (χ0n) is 10.2. The fourth-order valence-corrected chi connectivity index (χ4v) is 1.20. The minimum Gasteiger partial charge on any atom is -0.475 e. The standard InChI is InChI=1S/C12H20N2O2/c1-4-13-11-6-5-7-12(14-11)16-9-8-15-10(2)3/h5-7,10H,4,8-9H2,1-3H3,(H,13,14). The molecule has 0 atom stereocenters. The molecule has 0 aliphatic carbocycles. The summed E-state index contributed by atoms with van der Waals surface area (Å²) in [6.07, 6.45) is 0.240. The van der Waals surface area contributed by atoms with Crippen LogP contribution in [0, 0.1) is 0 Å². The molecule has 1 aromatic rings. The smallest absolute Gasteiger partial charge is 0.215 e. The van der Waals surface area contributed by atoms with E-state index in [-0.39, 0.29) is 6.10 Å². The van der Waals surface area contributed by atoms with Crippen LogP contribution in [0.1, 0.15) is 20.8 Å². The molecule has 4 nitrogen and oxygen atoms in total. The first-order chi connectivity index (χ1) is 7.72. The van der Waals surface area contributed by atoms with Gasteiger partial charge in [0.2, 0.25) is 5.88 Å². The minimum atomic E-state index is 0.240. The summed E-state index contributed by atoms with van der Waals surface area (Å²) in [7, 11) is 0. The molecule has 0 bridgehead atoms. The van der Waals surface area contributed by atoms with Gasteiger partial charge in [0, 0.05) is 12.6 Å². The van der Waals surface area contributed by atoms with Crippen LogP contribution >= 0.6 is 0 Å². The second-order valence-corrected chi connectivity index (χ2v) is 3.66. The summed E-state index contributed by atoms with van der Waals surface area (Å²) in [5, 5.41) is 3.13. The van der Waals surface area contributed by atoms with Crippen molar-refractivity contribution >= 4 is 5.82 Å². The highest BCUT2D eigenvalue weighted by Gasteiger charge is 1.98. The molecule has 1 rings (SSSR count). The van der Waals surface area contributed by atoms with Crippen LogP contribution in [-0.4, -0.2) is 30.8 Å². The molecule has 0 radical (unpaired) electrons. The van der Waals surface area contributed by atoms with Gasteiger partial charge < -0.3 is 14.8 Å². The van der Waals surface area contributed by atoms with Gasteiger partial charge in [0.05, 0.1) is 12.7 Å². The molecule has 1 N–H and O–H groups in total. The summed E-state index contributed by atoms with van der Waals surface area (Å²) in [6, 6.07) is 5.68. The minimum absolute atomic E-state index is 0.240. The molecule has 16 heavy (non-hydrogen) atoms. The molecule has 1 heterocycles. The Kier molecular flexibility index (Phi) is 5.64.